The van der Waals surface area contributed by atoms with Crippen LogP contribution in [0.5, 0.6) is 5.75 Å². The van der Waals surface area contributed by atoms with Crippen LogP contribution in [-0.4, -0.2) is 69.2 Å². The van der Waals surface area contributed by atoms with Crippen molar-refractivity contribution in [1.29, 1.82) is 0 Å². The average Bonchev–Trinajstić information content (AvgIpc) is 3.62. The van der Waals surface area contributed by atoms with Crippen LogP contribution >= 0.6 is 0 Å². The number of hydrogen-bond donors (Lipinski definition) is 1. The molecule has 1 saturated carbocycles. The molecule has 218 valence electrons. The van der Waals surface area contributed by atoms with Crippen molar-refractivity contribution in [3.05, 3.63) is 82.3 Å². The number of aliphatic imine (C=N–C) groups is 1. The molecule has 0 spiro atoms. The van der Waals surface area contributed by atoms with Gasteiger partial charge in [0.1, 0.15) is 23.6 Å². The molecule has 5 rings (SSSR count). The van der Waals surface area contributed by atoms with Gasteiger partial charge in [-0.05, 0) is 68.0 Å². The average molecular weight is 579 g/mol. The molecule has 0 radical (unpaired) electrons. The number of methoxy groups -OCH3 is 1. The number of nitrogens with zero attached hydrogens (tertiary/aromatic N) is 3. The fourth-order valence-electron chi connectivity index (χ4n) is 5.41. The third-order valence-corrected chi connectivity index (χ3v) is 10.1. The number of rotatable bonds is 11. The molecular weight excluding hydrogens is 540 g/mol. The Balaban J connectivity index is 1.25. The van der Waals surface area contributed by atoms with Gasteiger partial charge in [-0.25, -0.2) is 8.42 Å². The standard InChI is InChI=1S/C31H38N4O5S/c1-21-16-27(39-4)17-22(2)29(21)41(37,38)35(26-6-5-7-26)19-28-18-25(20-40-28)31(36)34(3)15-12-23-8-10-24(11-9-23)30-32-13-14-33-30/h8-11,16-18,20,26H,5-7,12-15,19H2,1-4H3,(H,32,33). The zero-order chi connectivity index (χ0) is 29.1. The molecule has 10 heteroatoms. The van der Waals surface area contributed by atoms with E-state index in [1.807, 2.05) is 12.1 Å². The van der Waals surface area contributed by atoms with Gasteiger partial charge in [0.05, 0.1) is 30.7 Å². The number of carbonyl (C=O) groups is 1. The Hall–Kier alpha value is -3.63. The van der Waals surface area contributed by atoms with E-state index in [0.29, 0.717) is 46.1 Å². The van der Waals surface area contributed by atoms with E-state index in [0.717, 1.165) is 49.3 Å². The van der Waals surface area contributed by atoms with E-state index >= 15 is 0 Å². The third kappa shape index (κ3) is 6.18. The van der Waals surface area contributed by atoms with Crippen LogP contribution in [0.3, 0.4) is 0 Å². The van der Waals surface area contributed by atoms with Crippen molar-refractivity contribution >= 4 is 21.8 Å². The van der Waals surface area contributed by atoms with E-state index in [1.54, 1.807) is 51.1 Å². The summed E-state index contributed by atoms with van der Waals surface area (Å²) in [6.07, 6.45) is 4.72. The van der Waals surface area contributed by atoms with Crippen LogP contribution in [0.2, 0.25) is 0 Å². The van der Waals surface area contributed by atoms with Gasteiger partial charge in [-0.1, -0.05) is 30.7 Å². The first-order chi connectivity index (χ1) is 19.7. The van der Waals surface area contributed by atoms with Crippen molar-refractivity contribution in [3.8, 4) is 5.75 Å². The molecule has 2 heterocycles. The number of hydrogen-bond acceptors (Lipinski definition) is 7. The van der Waals surface area contributed by atoms with Crippen molar-refractivity contribution in [2.24, 2.45) is 4.99 Å². The lowest BCUT2D eigenvalue weighted by molar-refractivity contribution is 0.0796. The van der Waals surface area contributed by atoms with Crippen LogP contribution in [0.15, 0.2) is 63.0 Å². The molecule has 1 fully saturated rings. The van der Waals surface area contributed by atoms with Crippen LogP contribution in [0.4, 0.5) is 0 Å². The van der Waals surface area contributed by atoms with Crippen LogP contribution in [0.1, 0.15) is 57.6 Å². The van der Waals surface area contributed by atoms with Gasteiger partial charge in [-0.3, -0.25) is 9.79 Å². The normalized spacial score (nSPS) is 15.4. The predicted octanol–water partition coefficient (Wildman–Crippen LogP) is 4.31. The highest BCUT2D eigenvalue weighted by molar-refractivity contribution is 7.89. The van der Waals surface area contributed by atoms with E-state index in [4.69, 9.17) is 9.15 Å². The summed E-state index contributed by atoms with van der Waals surface area (Å²) in [4.78, 5) is 19.6. The van der Waals surface area contributed by atoms with Crippen LogP contribution in [-0.2, 0) is 23.0 Å². The number of amidine groups is 1. The lowest BCUT2D eigenvalue weighted by Crippen LogP contribution is -2.44. The largest absolute Gasteiger partial charge is 0.497 e. The van der Waals surface area contributed by atoms with Crippen LogP contribution in [0, 0.1) is 13.8 Å². The number of benzene rings is 2. The number of sulfonamides is 1. The van der Waals surface area contributed by atoms with Gasteiger partial charge in [0.25, 0.3) is 5.91 Å². The molecule has 0 bridgehead atoms. The molecule has 0 atom stereocenters. The summed E-state index contributed by atoms with van der Waals surface area (Å²) >= 11 is 0. The summed E-state index contributed by atoms with van der Waals surface area (Å²) in [7, 11) is -0.477. The Labute approximate surface area is 242 Å². The lowest BCUT2D eigenvalue weighted by atomic mass is 9.93. The number of nitrogens with one attached hydrogen (secondary N) is 1. The number of furan rings is 1. The van der Waals surface area contributed by atoms with Crippen molar-refractivity contribution in [2.45, 2.75) is 57.0 Å². The molecule has 1 aliphatic carbocycles. The first-order valence-electron chi connectivity index (χ1n) is 14.0. The molecule has 9 nitrogen and oxygen atoms in total. The number of likely N-dealkylation sites (N-methyl/N-ethyl adjacent to an activating group) is 1. The Bertz CT molecular complexity index is 1520. The summed E-state index contributed by atoms with van der Waals surface area (Å²) in [6, 6.07) is 13.3. The van der Waals surface area contributed by atoms with Crippen LogP contribution < -0.4 is 10.1 Å². The molecule has 0 saturated heterocycles. The molecular formula is C31H38N4O5S. The van der Waals surface area contributed by atoms with E-state index in [9.17, 15) is 13.2 Å². The Morgan fingerprint density at radius 3 is 2.41 bits per heavy atom. The Kier molecular flexibility index (Phi) is 8.51. The van der Waals surface area contributed by atoms with Gasteiger partial charge in [-0.2, -0.15) is 4.31 Å². The van der Waals surface area contributed by atoms with Gasteiger partial charge in [0, 0.05) is 31.7 Å². The number of ether oxygens (including phenoxy) is 1. The van der Waals surface area contributed by atoms with E-state index in [1.165, 1.54) is 10.6 Å². The molecule has 0 unspecified atom stereocenters. The predicted molar refractivity (Wildman–Crippen MR) is 158 cm³/mol. The van der Waals surface area contributed by atoms with E-state index in [2.05, 4.69) is 22.4 Å². The fourth-order valence-corrected chi connectivity index (χ4v) is 7.47. The maximum atomic E-state index is 13.9. The quantitative estimate of drug-likeness (QED) is 0.364. The molecule has 1 aliphatic heterocycles. The highest BCUT2D eigenvalue weighted by atomic mass is 32.2. The minimum absolute atomic E-state index is 0.0708. The summed E-state index contributed by atoms with van der Waals surface area (Å²) < 4.78 is 40.5. The number of carbonyl (C=O) groups excluding carboxylic acids is 1. The highest BCUT2D eigenvalue weighted by Crippen LogP contribution is 2.35. The first-order valence-corrected chi connectivity index (χ1v) is 15.5. The molecule has 3 aromatic rings. The van der Waals surface area contributed by atoms with Gasteiger partial charge < -0.3 is 19.4 Å². The second-order valence-corrected chi connectivity index (χ2v) is 12.7. The zero-order valence-corrected chi connectivity index (χ0v) is 25.0. The van der Waals surface area contributed by atoms with Gasteiger partial charge in [0.15, 0.2) is 0 Å². The zero-order valence-electron chi connectivity index (χ0n) is 24.1. The van der Waals surface area contributed by atoms with Crippen molar-refractivity contribution < 1.29 is 22.4 Å². The molecule has 41 heavy (non-hydrogen) atoms. The molecule has 1 amide bonds. The Morgan fingerprint density at radius 2 is 1.83 bits per heavy atom. The third-order valence-electron chi connectivity index (χ3n) is 7.91. The summed E-state index contributed by atoms with van der Waals surface area (Å²) in [5, 5.41) is 3.27. The van der Waals surface area contributed by atoms with Gasteiger partial charge >= 0.3 is 0 Å². The summed E-state index contributed by atoms with van der Waals surface area (Å²) in [5.74, 6) is 1.83. The lowest BCUT2D eigenvalue weighted by Gasteiger charge is -2.36. The minimum atomic E-state index is -3.81. The Morgan fingerprint density at radius 1 is 1.12 bits per heavy atom. The van der Waals surface area contributed by atoms with E-state index < -0.39 is 10.0 Å². The van der Waals surface area contributed by atoms with Crippen molar-refractivity contribution in [2.75, 3.05) is 33.8 Å². The second kappa shape index (κ2) is 12.1. The fraction of sp³-hybridized carbons (Fsp3) is 0.419. The summed E-state index contributed by atoms with van der Waals surface area (Å²) in [6.45, 7) is 5.86. The molecule has 1 N–H and O–H groups in total. The minimum Gasteiger partial charge on any atom is -0.497 e. The second-order valence-electron chi connectivity index (χ2n) is 10.9. The highest BCUT2D eigenvalue weighted by Gasteiger charge is 2.37. The van der Waals surface area contributed by atoms with E-state index in [-0.39, 0.29) is 18.5 Å². The molecule has 1 aromatic heterocycles. The first kappa shape index (κ1) is 28.9. The monoisotopic (exact) mass is 578 g/mol. The smallest absolute Gasteiger partial charge is 0.256 e. The maximum Gasteiger partial charge on any atom is 0.256 e. The van der Waals surface area contributed by atoms with Gasteiger partial charge in [0.2, 0.25) is 10.0 Å². The maximum absolute atomic E-state index is 13.9. The summed E-state index contributed by atoms with van der Waals surface area (Å²) in [5.41, 5.74) is 3.89. The number of aryl methyl sites for hydroxylation is 2. The SMILES string of the molecule is COc1cc(C)c(S(=O)(=O)N(Cc2cc(C(=O)N(C)CCc3ccc(C4=NCCN4)cc3)co2)C2CCC2)c(C)c1. The number of amides is 1. The van der Waals surface area contributed by atoms with Crippen LogP contribution in [0.25, 0.3) is 0 Å². The van der Waals surface area contributed by atoms with Crippen molar-refractivity contribution in [3.63, 3.8) is 0 Å². The van der Waals surface area contributed by atoms with Gasteiger partial charge in [-0.15, -0.1) is 0 Å². The van der Waals surface area contributed by atoms with Crippen molar-refractivity contribution in [1.82, 2.24) is 14.5 Å². The molecule has 2 aromatic carbocycles. The topological polar surface area (TPSA) is 104 Å². The molecule has 2 aliphatic rings.